The van der Waals surface area contributed by atoms with Crippen molar-refractivity contribution in [2.24, 2.45) is 0 Å². The number of halogens is 1. The number of hydrogen-bond donors (Lipinski definition) is 0. The van der Waals surface area contributed by atoms with Gasteiger partial charge in [-0.1, -0.05) is 18.2 Å². The number of carbonyl (C=O) groups is 1. The van der Waals surface area contributed by atoms with Crippen molar-refractivity contribution in [1.82, 2.24) is 0 Å². The smallest absolute Gasteiger partial charge is 0.379 e. The third-order valence-electron chi connectivity index (χ3n) is 3.93. The molecular formula is C21H16BrNO6S. The molecule has 0 spiro atoms. The summed E-state index contributed by atoms with van der Waals surface area (Å²) in [5.41, 5.74) is 0.330. The zero-order chi connectivity index (χ0) is 21.7. The molecular weight excluding hydrogens is 474 g/mol. The largest absolute Gasteiger partial charge is 0.490 e. The highest BCUT2D eigenvalue weighted by molar-refractivity contribution is 9.10. The van der Waals surface area contributed by atoms with Crippen molar-refractivity contribution < 1.29 is 27.1 Å². The zero-order valence-electron chi connectivity index (χ0n) is 15.8. The van der Waals surface area contributed by atoms with E-state index in [0.29, 0.717) is 16.6 Å². The third-order valence-corrected chi connectivity index (χ3v) is 6.17. The molecule has 0 aliphatic rings. The number of hydrogen-bond acceptors (Lipinski definition) is 7. The summed E-state index contributed by atoms with van der Waals surface area (Å²) >= 11 is 3.26. The number of benzene rings is 2. The maximum absolute atomic E-state index is 12.5. The molecule has 9 heteroatoms. The third kappa shape index (κ3) is 4.90. The van der Waals surface area contributed by atoms with Gasteiger partial charge in [-0.2, -0.15) is 5.26 Å². The van der Waals surface area contributed by atoms with Crippen LogP contribution in [0.2, 0.25) is 0 Å². The van der Waals surface area contributed by atoms with Gasteiger partial charge in [0, 0.05) is 6.07 Å². The number of ether oxygens (including phenoxy) is 2. The Labute approximate surface area is 181 Å². The Kier molecular flexibility index (Phi) is 6.59. The van der Waals surface area contributed by atoms with Crippen LogP contribution >= 0.6 is 15.9 Å². The van der Waals surface area contributed by atoms with Gasteiger partial charge in [-0.05, 0) is 53.2 Å². The number of nitriles is 1. The van der Waals surface area contributed by atoms with Crippen molar-refractivity contribution in [3.05, 3.63) is 76.2 Å². The Morgan fingerprint density at radius 1 is 1.17 bits per heavy atom. The summed E-state index contributed by atoms with van der Waals surface area (Å²) in [6, 6.07) is 15.7. The molecule has 7 nitrogen and oxygen atoms in total. The maximum atomic E-state index is 12.5. The molecule has 0 saturated heterocycles. The lowest BCUT2D eigenvalue weighted by atomic mass is 10.2. The van der Waals surface area contributed by atoms with Gasteiger partial charge in [-0.25, -0.2) is 13.2 Å². The summed E-state index contributed by atoms with van der Waals surface area (Å²) in [4.78, 5) is 12.7. The van der Waals surface area contributed by atoms with Crippen molar-refractivity contribution in [2.75, 3.05) is 6.61 Å². The van der Waals surface area contributed by atoms with Gasteiger partial charge in [0.2, 0.25) is 5.76 Å². The average molecular weight is 490 g/mol. The van der Waals surface area contributed by atoms with Gasteiger partial charge in [0.25, 0.3) is 0 Å². The van der Waals surface area contributed by atoms with Crippen LogP contribution in [0.4, 0.5) is 0 Å². The minimum absolute atomic E-state index is 0.0932. The molecule has 0 radical (unpaired) electrons. The van der Waals surface area contributed by atoms with Gasteiger partial charge < -0.3 is 13.9 Å². The van der Waals surface area contributed by atoms with E-state index >= 15 is 0 Å². The van der Waals surface area contributed by atoms with E-state index in [1.54, 1.807) is 25.1 Å². The van der Waals surface area contributed by atoms with Crippen LogP contribution in [0.3, 0.4) is 0 Å². The lowest BCUT2D eigenvalue weighted by Crippen LogP contribution is -2.09. The summed E-state index contributed by atoms with van der Waals surface area (Å²) in [6.07, 6.45) is 0. The van der Waals surface area contributed by atoms with Crippen LogP contribution in [0.25, 0.3) is 0 Å². The Morgan fingerprint density at radius 2 is 1.90 bits per heavy atom. The predicted octanol–water partition coefficient (Wildman–Crippen LogP) is 4.51. The quantitative estimate of drug-likeness (QED) is 0.355. The molecule has 0 fully saturated rings. The van der Waals surface area contributed by atoms with Crippen LogP contribution < -0.4 is 9.47 Å². The second-order valence-corrected chi connectivity index (χ2v) is 8.90. The molecule has 30 heavy (non-hydrogen) atoms. The number of sulfone groups is 1. The first-order chi connectivity index (χ1) is 14.3. The molecule has 0 saturated carbocycles. The normalized spacial score (nSPS) is 11.0. The van der Waals surface area contributed by atoms with E-state index in [9.17, 15) is 13.2 Å². The SMILES string of the molecule is CCOc1cc(C#N)cc(Br)c1OC(=O)c1ccc(CS(=O)(=O)c2ccccc2)o1. The minimum atomic E-state index is -3.62. The molecule has 1 heterocycles. The lowest BCUT2D eigenvalue weighted by molar-refractivity contribution is 0.0692. The Hall–Kier alpha value is -3.09. The summed E-state index contributed by atoms with van der Waals surface area (Å²) in [5, 5.41) is 9.09. The fourth-order valence-corrected chi connectivity index (χ4v) is 4.39. The molecule has 0 atom stereocenters. The first-order valence-corrected chi connectivity index (χ1v) is 11.2. The van der Waals surface area contributed by atoms with Crippen molar-refractivity contribution >= 4 is 31.7 Å². The molecule has 2 aromatic carbocycles. The number of esters is 1. The van der Waals surface area contributed by atoms with Crippen LogP contribution in [-0.4, -0.2) is 21.0 Å². The highest BCUT2D eigenvalue weighted by atomic mass is 79.9. The van der Waals surface area contributed by atoms with E-state index in [-0.39, 0.29) is 27.9 Å². The second-order valence-electron chi connectivity index (χ2n) is 6.06. The summed E-state index contributed by atoms with van der Waals surface area (Å²) in [6.45, 7) is 2.05. The topological polar surface area (TPSA) is 107 Å². The fraction of sp³-hybridized carbons (Fsp3) is 0.143. The van der Waals surface area contributed by atoms with Crippen molar-refractivity contribution in [1.29, 1.82) is 5.26 Å². The summed E-state index contributed by atoms with van der Waals surface area (Å²) in [5.74, 6) is -0.966. The lowest BCUT2D eigenvalue weighted by Gasteiger charge is -2.12. The van der Waals surface area contributed by atoms with E-state index in [1.165, 1.54) is 36.4 Å². The van der Waals surface area contributed by atoms with Gasteiger partial charge in [-0.15, -0.1) is 0 Å². The highest BCUT2D eigenvalue weighted by Gasteiger charge is 2.22. The van der Waals surface area contributed by atoms with Gasteiger partial charge >= 0.3 is 5.97 Å². The first kappa shape index (κ1) is 21.6. The number of rotatable bonds is 7. The summed E-state index contributed by atoms with van der Waals surface area (Å²) in [7, 11) is -3.62. The van der Waals surface area contributed by atoms with E-state index in [1.807, 2.05) is 6.07 Å². The molecule has 0 N–H and O–H groups in total. The minimum Gasteiger partial charge on any atom is -0.490 e. The van der Waals surface area contributed by atoms with E-state index < -0.39 is 21.6 Å². The first-order valence-electron chi connectivity index (χ1n) is 8.79. The highest BCUT2D eigenvalue weighted by Crippen LogP contribution is 2.37. The van der Waals surface area contributed by atoms with Crippen LogP contribution in [0.1, 0.15) is 28.8 Å². The van der Waals surface area contributed by atoms with Crippen LogP contribution in [-0.2, 0) is 15.6 Å². The fourth-order valence-electron chi connectivity index (χ4n) is 2.60. The molecule has 3 rings (SSSR count). The van der Waals surface area contributed by atoms with Crippen LogP contribution in [0.15, 0.2) is 68.4 Å². The molecule has 154 valence electrons. The van der Waals surface area contributed by atoms with Gasteiger partial charge in [0.1, 0.15) is 11.5 Å². The van der Waals surface area contributed by atoms with E-state index in [0.717, 1.165) is 0 Å². The summed E-state index contributed by atoms with van der Waals surface area (Å²) < 4.78 is 41.5. The molecule has 1 aromatic heterocycles. The number of nitrogens with zero attached hydrogens (tertiary/aromatic N) is 1. The Bertz CT molecular complexity index is 1210. The average Bonchev–Trinajstić information content (AvgIpc) is 3.19. The van der Waals surface area contributed by atoms with Gasteiger partial charge in [-0.3, -0.25) is 0 Å². The second kappa shape index (κ2) is 9.15. The molecule has 0 amide bonds. The number of carbonyl (C=O) groups excluding carboxylic acids is 1. The van der Waals surface area contributed by atoms with Crippen LogP contribution in [0, 0.1) is 11.3 Å². The monoisotopic (exact) mass is 489 g/mol. The molecule has 0 aliphatic carbocycles. The van der Waals surface area contributed by atoms with Crippen molar-refractivity contribution in [2.45, 2.75) is 17.6 Å². The molecule has 0 aliphatic heterocycles. The number of furan rings is 1. The maximum Gasteiger partial charge on any atom is 0.379 e. The predicted molar refractivity (Wildman–Crippen MR) is 111 cm³/mol. The van der Waals surface area contributed by atoms with Gasteiger partial charge in [0.15, 0.2) is 21.3 Å². The van der Waals surface area contributed by atoms with E-state index in [2.05, 4.69) is 15.9 Å². The van der Waals surface area contributed by atoms with Crippen LogP contribution in [0.5, 0.6) is 11.5 Å². The Morgan fingerprint density at radius 3 is 2.57 bits per heavy atom. The van der Waals surface area contributed by atoms with Crippen molar-refractivity contribution in [3.8, 4) is 17.6 Å². The van der Waals surface area contributed by atoms with Gasteiger partial charge in [0.05, 0.1) is 27.6 Å². The molecule has 0 bridgehead atoms. The standard InChI is InChI=1S/C21H16BrNO6S/c1-2-27-19-11-14(12-23)10-17(22)20(19)29-21(24)18-9-8-15(28-18)13-30(25,26)16-6-4-3-5-7-16/h3-11H,2,13H2,1H3. The zero-order valence-corrected chi connectivity index (χ0v) is 18.2. The molecule has 0 unspecified atom stereocenters. The molecule has 3 aromatic rings. The van der Waals surface area contributed by atoms with E-state index in [4.69, 9.17) is 19.2 Å². The van der Waals surface area contributed by atoms with Crippen molar-refractivity contribution in [3.63, 3.8) is 0 Å². The Balaban J connectivity index is 1.80.